The van der Waals surface area contributed by atoms with Crippen LogP contribution >= 0.6 is 0 Å². The Labute approximate surface area is 82.3 Å². The van der Waals surface area contributed by atoms with Gasteiger partial charge in [0.15, 0.2) is 0 Å². The van der Waals surface area contributed by atoms with Crippen molar-refractivity contribution in [1.29, 1.82) is 0 Å². The fourth-order valence-corrected chi connectivity index (χ4v) is 1.94. The number of amides is 1. The Balaban J connectivity index is 1.65. The smallest absolute Gasteiger partial charge is 0.223 e. The second-order valence-corrected chi connectivity index (χ2v) is 4.27. The molecule has 0 bridgehead atoms. The number of nitrogens with one attached hydrogen (secondary N) is 1. The molecule has 2 heterocycles. The van der Waals surface area contributed by atoms with Crippen LogP contribution in [0.2, 0.25) is 0 Å². The molecule has 0 spiro atoms. The predicted octanol–water partition coefficient (Wildman–Crippen LogP) is 1.05. The third-order valence-corrected chi connectivity index (χ3v) is 3.03. The first-order valence-corrected chi connectivity index (χ1v) is 5.12. The molecule has 1 fully saturated rings. The van der Waals surface area contributed by atoms with Crippen molar-refractivity contribution in [2.45, 2.75) is 32.4 Å². The lowest BCUT2D eigenvalue weighted by Gasteiger charge is -2.14. The molecule has 1 aromatic heterocycles. The van der Waals surface area contributed by atoms with E-state index in [4.69, 9.17) is 0 Å². The molecule has 74 valence electrons. The number of hydrogen-bond donors (Lipinski definition) is 1. The summed E-state index contributed by atoms with van der Waals surface area (Å²) in [5.41, 5.74) is 2.28. The highest BCUT2D eigenvalue weighted by molar-refractivity contribution is 5.77. The summed E-state index contributed by atoms with van der Waals surface area (Å²) < 4.78 is 0. The topological polar surface area (TPSA) is 49.0 Å². The third kappa shape index (κ3) is 1.31. The number of aromatic nitrogens is 2. The average molecular weight is 191 g/mol. The minimum atomic E-state index is 0.303. The minimum Gasteiger partial charge on any atom is -0.332 e. The third-order valence-electron chi connectivity index (χ3n) is 3.03. The molecule has 2 aliphatic rings. The Hall–Kier alpha value is -1.32. The van der Waals surface area contributed by atoms with Crippen molar-refractivity contribution >= 4 is 5.91 Å². The van der Waals surface area contributed by atoms with E-state index >= 15 is 0 Å². The first-order chi connectivity index (χ1) is 6.83. The number of fused-ring (bicyclic) bond motifs is 1. The van der Waals surface area contributed by atoms with Crippen LogP contribution in [0.15, 0.2) is 6.20 Å². The summed E-state index contributed by atoms with van der Waals surface area (Å²) in [5.74, 6) is 0.983. The molecule has 0 saturated heterocycles. The van der Waals surface area contributed by atoms with Crippen molar-refractivity contribution in [1.82, 2.24) is 15.1 Å². The summed E-state index contributed by atoms with van der Waals surface area (Å²) >= 11 is 0. The maximum absolute atomic E-state index is 11.8. The zero-order valence-corrected chi connectivity index (χ0v) is 7.99. The fourth-order valence-electron chi connectivity index (χ4n) is 1.94. The van der Waals surface area contributed by atoms with Crippen LogP contribution in [0, 0.1) is 5.92 Å². The molecule has 1 aliphatic carbocycles. The maximum atomic E-state index is 11.8. The molecule has 0 unspecified atom stereocenters. The van der Waals surface area contributed by atoms with Crippen LogP contribution in [-0.2, 0) is 17.9 Å². The SMILES string of the molecule is O=C(CC1CC1)N1Cc2cn[nH]c2C1. The molecule has 1 aliphatic heterocycles. The molecular formula is C10H13N3O. The summed E-state index contributed by atoms with van der Waals surface area (Å²) in [6.45, 7) is 1.47. The van der Waals surface area contributed by atoms with E-state index in [9.17, 15) is 4.79 Å². The highest BCUT2D eigenvalue weighted by Crippen LogP contribution is 2.34. The zero-order valence-electron chi connectivity index (χ0n) is 7.99. The molecule has 1 aromatic rings. The van der Waals surface area contributed by atoms with Crippen LogP contribution in [0.1, 0.15) is 30.5 Å². The predicted molar refractivity (Wildman–Crippen MR) is 50.2 cm³/mol. The van der Waals surface area contributed by atoms with Crippen molar-refractivity contribution in [2.75, 3.05) is 0 Å². The standard InChI is InChI=1S/C10H13N3O/c14-10(3-7-1-2-7)13-5-8-4-11-12-9(8)6-13/h4,7H,1-3,5-6H2,(H,11,12). The molecule has 4 heteroatoms. The molecule has 1 amide bonds. The number of hydrogen-bond acceptors (Lipinski definition) is 2. The van der Waals surface area contributed by atoms with Gasteiger partial charge in [-0.15, -0.1) is 0 Å². The van der Waals surface area contributed by atoms with E-state index in [1.807, 2.05) is 11.1 Å². The van der Waals surface area contributed by atoms with Gasteiger partial charge in [-0.3, -0.25) is 9.89 Å². The van der Waals surface area contributed by atoms with E-state index in [-0.39, 0.29) is 0 Å². The van der Waals surface area contributed by atoms with Crippen LogP contribution in [-0.4, -0.2) is 21.0 Å². The van der Waals surface area contributed by atoms with Crippen molar-refractivity contribution in [3.8, 4) is 0 Å². The number of rotatable bonds is 2. The molecule has 0 atom stereocenters. The highest BCUT2D eigenvalue weighted by atomic mass is 16.2. The van der Waals surface area contributed by atoms with Gasteiger partial charge < -0.3 is 4.90 Å². The molecule has 0 aromatic carbocycles. The van der Waals surface area contributed by atoms with Gasteiger partial charge in [0, 0.05) is 18.5 Å². The van der Waals surface area contributed by atoms with E-state index in [0.29, 0.717) is 11.8 Å². The summed E-state index contributed by atoms with van der Waals surface area (Å²) in [7, 11) is 0. The second-order valence-electron chi connectivity index (χ2n) is 4.27. The van der Waals surface area contributed by atoms with E-state index in [1.54, 1.807) is 0 Å². The number of H-pyrrole nitrogens is 1. The normalized spacial score (nSPS) is 19.9. The van der Waals surface area contributed by atoms with Crippen LogP contribution in [0.3, 0.4) is 0 Å². The molecular weight excluding hydrogens is 178 g/mol. The van der Waals surface area contributed by atoms with Gasteiger partial charge in [-0.25, -0.2) is 0 Å². The quantitative estimate of drug-likeness (QED) is 0.759. The van der Waals surface area contributed by atoms with Crippen LogP contribution in [0.25, 0.3) is 0 Å². The van der Waals surface area contributed by atoms with Crippen molar-refractivity contribution < 1.29 is 4.79 Å². The molecule has 0 radical (unpaired) electrons. The summed E-state index contributed by atoms with van der Waals surface area (Å²) in [5, 5.41) is 6.88. The number of aromatic amines is 1. The Bertz CT molecular complexity index is 347. The van der Waals surface area contributed by atoms with Gasteiger partial charge >= 0.3 is 0 Å². The van der Waals surface area contributed by atoms with Crippen LogP contribution < -0.4 is 0 Å². The highest BCUT2D eigenvalue weighted by Gasteiger charge is 2.30. The van der Waals surface area contributed by atoms with Crippen molar-refractivity contribution in [3.05, 3.63) is 17.5 Å². The van der Waals surface area contributed by atoms with Crippen molar-refractivity contribution in [2.24, 2.45) is 5.92 Å². The van der Waals surface area contributed by atoms with Gasteiger partial charge in [0.05, 0.1) is 18.4 Å². The first-order valence-electron chi connectivity index (χ1n) is 5.12. The largest absolute Gasteiger partial charge is 0.332 e. The molecule has 1 saturated carbocycles. The lowest BCUT2D eigenvalue weighted by Crippen LogP contribution is -2.25. The Morgan fingerprint density at radius 1 is 1.57 bits per heavy atom. The van der Waals surface area contributed by atoms with Crippen LogP contribution in [0.5, 0.6) is 0 Å². The molecule has 1 N–H and O–H groups in total. The molecule has 14 heavy (non-hydrogen) atoms. The van der Waals surface area contributed by atoms with Gasteiger partial charge in [0.2, 0.25) is 5.91 Å². The Morgan fingerprint density at radius 2 is 2.43 bits per heavy atom. The summed E-state index contributed by atoms with van der Waals surface area (Å²) in [6.07, 6.45) is 5.05. The van der Waals surface area contributed by atoms with Gasteiger partial charge in [-0.2, -0.15) is 5.10 Å². The van der Waals surface area contributed by atoms with E-state index < -0.39 is 0 Å². The summed E-state index contributed by atoms with van der Waals surface area (Å²) in [4.78, 5) is 13.7. The summed E-state index contributed by atoms with van der Waals surface area (Å²) in [6, 6.07) is 0. The first kappa shape index (κ1) is 8.03. The monoisotopic (exact) mass is 191 g/mol. The van der Waals surface area contributed by atoms with Crippen molar-refractivity contribution in [3.63, 3.8) is 0 Å². The minimum absolute atomic E-state index is 0.303. The van der Waals surface area contributed by atoms with Gasteiger partial charge in [-0.1, -0.05) is 0 Å². The Morgan fingerprint density at radius 3 is 3.14 bits per heavy atom. The number of carbonyl (C=O) groups excluding carboxylic acids is 1. The zero-order chi connectivity index (χ0) is 9.54. The van der Waals surface area contributed by atoms with Gasteiger partial charge in [-0.05, 0) is 18.8 Å². The Kier molecular flexibility index (Phi) is 1.63. The van der Waals surface area contributed by atoms with E-state index in [0.717, 1.165) is 25.2 Å². The lowest BCUT2D eigenvalue weighted by molar-refractivity contribution is -0.132. The number of nitrogens with zero attached hydrogens (tertiary/aromatic N) is 2. The number of carbonyl (C=O) groups is 1. The average Bonchev–Trinajstić information content (AvgIpc) is 2.73. The van der Waals surface area contributed by atoms with Gasteiger partial charge in [0.25, 0.3) is 0 Å². The molecule has 4 nitrogen and oxygen atoms in total. The molecule has 3 rings (SSSR count). The van der Waals surface area contributed by atoms with Gasteiger partial charge in [0.1, 0.15) is 0 Å². The lowest BCUT2D eigenvalue weighted by atomic mass is 10.2. The fraction of sp³-hybridized carbons (Fsp3) is 0.600. The van der Waals surface area contributed by atoms with E-state index in [2.05, 4.69) is 10.2 Å². The van der Waals surface area contributed by atoms with E-state index in [1.165, 1.54) is 18.4 Å². The maximum Gasteiger partial charge on any atom is 0.223 e. The van der Waals surface area contributed by atoms with Crippen LogP contribution in [0.4, 0.5) is 0 Å². The second kappa shape index (κ2) is 2.83.